The van der Waals surface area contributed by atoms with Gasteiger partial charge in [0, 0.05) is 6.20 Å². The molecule has 7 heteroatoms. The molecule has 0 aromatic carbocycles. The van der Waals surface area contributed by atoms with Gasteiger partial charge in [-0.05, 0) is 12.1 Å². The summed E-state index contributed by atoms with van der Waals surface area (Å²) in [6.07, 6.45) is 0.420. The Balaban J connectivity index is 2.53. The van der Waals surface area contributed by atoms with Gasteiger partial charge in [0.25, 0.3) is 5.95 Å². The van der Waals surface area contributed by atoms with Crippen LogP contribution in [0.25, 0.3) is 5.52 Å². The van der Waals surface area contributed by atoms with Crippen molar-refractivity contribution in [1.82, 2.24) is 14.6 Å². The Morgan fingerprint density at radius 1 is 1.64 bits per heavy atom. The summed E-state index contributed by atoms with van der Waals surface area (Å²) in [6, 6.07) is 3.47. The van der Waals surface area contributed by atoms with E-state index in [1.54, 1.807) is 18.3 Å². The van der Waals surface area contributed by atoms with Crippen LogP contribution in [0.3, 0.4) is 0 Å². The van der Waals surface area contributed by atoms with E-state index >= 15 is 0 Å². The maximum Gasteiger partial charge on any atom is 0.411 e. The summed E-state index contributed by atoms with van der Waals surface area (Å²) in [6.45, 7) is 0. The van der Waals surface area contributed by atoms with Crippen molar-refractivity contribution in [3.8, 4) is 0 Å². The van der Waals surface area contributed by atoms with Crippen LogP contribution in [0.4, 0.5) is 10.7 Å². The van der Waals surface area contributed by atoms with Gasteiger partial charge in [-0.15, -0.1) is 5.10 Å². The Kier molecular flexibility index (Phi) is 1.97. The number of carboxylic acid groups (broad SMARTS) is 1. The van der Waals surface area contributed by atoms with Gasteiger partial charge in [0.05, 0.1) is 0 Å². The predicted octanol–water partition coefficient (Wildman–Crippen LogP) is 1.47. The minimum absolute atomic E-state index is 0.0498. The van der Waals surface area contributed by atoms with E-state index in [0.717, 1.165) is 0 Å². The zero-order chi connectivity index (χ0) is 10.1. The molecule has 0 unspecified atom stereocenters. The number of amides is 1. The molecule has 6 nitrogen and oxygen atoms in total. The van der Waals surface area contributed by atoms with E-state index in [0.29, 0.717) is 5.52 Å². The average molecular weight is 213 g/mol. The fraction of sp³-hybridized carbons (Fsp3) is 0. The number of nitrogens with one attached hydrogen (secondary N) is 1. The Labute approximate surface area is 83.1 Å². The number of aromatic nitrogens is 3. The molecule has 0 saturated carbocycles. The zero-order valence-electron chi connectivity index (χ0n) is 6.81. The first kappa shape index (κ1) is 8.76. The highest BCUT2D eigenvalue weighted by atomic mass is 35.5. The van der Waals surface area contributed by atoms with Gasteiger partial charge in [-0.3, -0.25) is 5.32 Å². The molecule has 0 bridgehead atoms. The van der Waals surface area contributed by atoms with Gasteiger partial charge in [0.2, 0.25) is 0 Å². The number of nitrogens with zero attached hydrogens (tertiary/aromatic N) is 3. The fourth-order valence-corrected chi connectivity index (χ4v) is 1.28. The van der Waals surface area contributed by atoms with Crippen molar-refractivity contribution in [3.05, 3.63) is 23.5 Å². The summed E-state index contributed by atoms with van der Waals surface area (Å²) in [4.78, 5) is 14.1. The summed E-state index contributed by atoms with van der Waals surface area (Å²) < 4.78 is 1.45. The minimum atomic E-state index is -1.23. The highest BCUT2D eigenvalue weighted by molar-refractivity contribution is 6.32. The highest BCUT2D eigenvalue weighted by Crippen LogP contribution is 2.15. The molecule has 2 N–H and O–H groups in total. The van der Waals surface area contributed by atoms with Crippen molar-refractivity contribution in [2.45, 2.75) is 0 Å². The van der Waals surface area contributed by atoms with Crippen molar-refractivity contribution < 1.29 is 9.90 Å². The van der Waals surface area contributed by atoms with Crippen LogP contribution in [0.5, 0.6) is 0 Å². The summed E-state index contributed by atoms with van der Waals surface area (Å²) in [5.41, 5.74) is 0.627. The fourth-order valence-electron chi connectivity index (χ4n) is 1.05. The quantitative estimate of drug-likeness (QED) is 0.750. The molecule has 0 aliphatic carbocycles. The van der Waals surface area contributed by atoms with Gasteiger partial charge in [-0.25, -0.2) is 9.31 Å². The first-order valence-corrected chi connectivity index (χ1v) is 4.05. The number of rotatable bonds is 1. The largest absolute Gasteiger partial charge is 0.465 e. The van der Waals surface area contributed by atoms with Crippen molar-refractivity contribution in [1.29, 1.82) is 0 Å². The Hall–Kier alpha value is -1.82. The molecule has 2 heterocycles. The van der Waals surface area contributed by atoms with Crippen molar-refractivity contribution in [3.63, 3.8) is 0 Å². The minimum Gasteiger partial charge on any atom is -0.465 e. The van der Waals surface area contributed by atoms with Gasteiger partial charge in [0.15, 0.2) is 5.15 Å². The maximum absolute atomic E-state index is 10.3. The lowest BCUT2D eigenvalue weighted by molar-refractivity contribution is 0.209. The topological polar surface area (TPSA) is 79.5 Å². The normalized spacial score (nSPS) is 10.4. The standard InChI is InChI=1S/C7H5ClN4O2/c8-5-4-2-1-3-12(4)11-6(9-5)10-7(13)14/h1-3H,(H,10,11)(H,13,14). The summed E-state index contributed by atoms with van der Waals surface area (Å²) in [5.74, 6) is -0.0498. The van der Waals surface area contributed by atoms with E-state index in [1.807, 2.05) is 5.32 Å². The zero-order valence-corrected chi connectivity index (χ0v) is 7.56. The molecule has 0 aliphatic rings. The molecule has 0 saturated heterocycles. The highest BCUT2D eigenvalue weighted by Gasteiger charge is 2.06. The molecule has 2 rings (SSSR count). The van der Waals surface area contributed by atoms with Gasteiger partial charge in [-0.2, -0.15) is 4.98 Å². The third-order valence-corrected chi connectivity index (χ3v) is 1.84. The van der Waals surface area contributed by atoms with E-state index in [4.69, 9.17) is 16.7 Å². The van der Waals surface area contributed by atoms with Gasteiger partial charge >= 0.3 is 6.09 Å². The van der Waals surface area contributed by atoms with Gasteiger partial charge in [-0.1, -0.05) is 11.6 Å². The average Bonchev–Trinajstić information content (AvgIpc) is 2.50. The van der Waals surface area contributed by atoms with E-state index < -0.39 is 6.09 Å². The molecule has 0 spiro atoms. The van der Waals surface area contributed by atoms with Gasteiger partial charge in [0.1, 0.15) is 5.52 Å². The van der Waals surface area contributed by atoms with Crippen LogP contribution < -0.4 is 5.32 Å². The Bertz CT molecular complexity index is 495. The third kappa shape index (κ3) is 1.47. The lowest BCUT2D eigenvalue weighted by Crippen LogP contribution is -2.12. The van der Waals surface area contributed by atoms with E-state index in [9.17, 15) is 4.79 Å². The summed E-state index contributed by atoms with van der Waals surface area (Å²) in [5, 5.41) is 14.5. The lowest BCUT2D eigenvalue weighted by atomic mass is 10.5. The van der Waals surface area contributed by atoms with E-state index in [1.165, 1.54) is 4.52 Å². The number of carbonyl (C=O) groups is 1. The predicted molar refractivity (Wildman–Crippen MR) is 49.6 cm³/mol. The van der Waals surface area contributed by atoms with Crippen molar-refractivity contribution in [2.24, 2.45) is 0 Å². The molecule has 0 atom stereocenters. The molecule has 0 radical (unpaired) electrons. The number of halogens is 1. The number of fused-ring (bicyclic) bond motifs is 1. The van der Waals surface area contributed by atoms with E-state index in [2.05, 4.69) is 10.1 Å². The first-order chi connectivity index (χ1) is 6.66. The van der Waals surface area contributed by atoms with Crippen LogP contribution in [0.2, 0.25) is 5.15 Å². The van der Waals surface area contributed by atoms with Crippen molar-refractivity contribution in [2.75, 3.05) is 5.32 Å². The SMILES string of the molecule is O=C(O)Nc1nc(Cl)c2cccn2n1. The third-order valence-electron chi connectivity index (χ3n) is 1.56. The maximum atomic E-state index is 10.3. The van der Waals surface area contributed by atoms with Crippen LogP contribution in [0.1, 0.15) is 0 Å². The Morgan fingerprint density at radius 2 is 2.43 bits per heavy atom. The molecule has 0 aliphatic heterocycles. The number of anilines is 1. The smallest absolute Gasteiger partial charge is 0.411 e. The number of hydrogen-bond acceptors (Lipinski definition) is 3. The van der Waals surface area contributed by atoms with Crippen LogP contribution in [0.15, 0.2) is 18.3 Å². The molecule has 72 valence electrons. The molecular weight excluding hydrogens is 208 g/mol. The Morgan fingerprint density at radius 3 is 3.14 bits per heavy atom. The second kappa shape index (κ2) is 3.15. The van der Waals surface area contributed by atoms with Crippen LogP contribution in [-0.4, -0.2) is 25.8 Å². The molecule has 2 aromatic heterocycles. The molecule has 0 fully saturated rings. The molecule has 14 heavy (non-hydrogen) atoms. The molecular formula is C7H5ClN4O2. The monoisotopic (exact) mass is 212 g/mol. The van der Waals surface area contributed by atoms with Crippen LogP contribution in [0, 0.1) is 0 Å². The van der Waals surface area contributed by atoms with Crippen LogP contribution >= 0.6 is 11.6 Å². The van der Waals surface area contributed by atoms with Gasteiger partial charge < -0.3 is 5.11 Å². The molecule has 2 aromatic rings. The van der Waals surface area contributed by atoms with Crippen molar-refractivity contribution >= 4 is 29.2 Å². The van der Waals surface area contributed by atoms with Crippen LogP contribution in [-0.2, 0) is 0 Å². The first-order valence-electron chi connectivity index (χ1n) is 3.67. The second-order valence-electron chi connectivity index (χ2n) is 2.49. The second-order valence-corrected chi connectivity index (χ2v) is 2.85. The van der Waals surface area contributed by atoms with E-state index in [-0.39, 0.29) is 11.1 Å². The number of hydrogen-bond donors (Lipinski definition) is 2. The lowest BCUT2D eigenvalue weighted by Gasteiger charge is -2.01. The summed E-state index contributed by atoms with van der Waals surface area (Å²) in [7, 11) is 0. The molecule has 1 amide bonds. The summed E-state index contributed by atoms with van der Waals surface area (Å²) >= 11 is 5.78.